The summed E-state index contributed by atoms with van der Waals surface area (Å²) < 4.78 is 18.9. The lowest BCUT2D eigenvalue weighted by atomic mass is 10.1. The summed E-state index contributed by atoms with van der Waals surface area (Å²) in [5, 5.41) is 2.97. The number of methoxy groups -OCH3 is 2. The van der Waals surface area contributed by atoms with Crippen molar-refractivity contribution in [2.75, 3.05) is 20.8 Å². The first-order valence-corrected chi connectivity index (χ1v) is 11.8. The SMILES string of the molecule is CCCCNC(=O)c1ccc2c(c1)nc(COc1ccccc1OC)n2Cc1ccc(OC)cc1. The molecule has 0 saturated carbocycles. The number of para-hydroxylation sites is 2. The van der Waals surface area contributed by atoms with Crippen LogP contribution >= 0.6 is 0 Å². The van der Waals surface area contributed by atoms with E-state index in [1.807, 2.05) is 66.7 Å². The summed E-state index contributed by atoms with van der Waals surface area (Å²) >= 11 is 0. The number of nitrogens with one attached hydrogen (secondary N) is 1. The number of benzene rings is 3. The van der Waals surface area contributed by atoms with Gasteiger partial charge in [-0.2, -0.15) is 0 Å². The van der Waals surface area contributed by atoms with Gasteiger partial charge in [-0.05, 0) is 54.4 Å². The summed E-state index contributed by atoms with van der Waals surface area (Å²) in [6, 6.07) is 21.1. The molecule has 0 radical (unpaired) electrons. The number of unbranched alkanes of at least 4 members (excludes halogenated alkanes) is 1. The molecule has 0 unspecified atom stereocenters. The molecule has 0 atom stereocenters. The maximum atomic E-state index is 12.6. The van der Waals surface area contributed by atoms with Gasteiger partial charge in [-0.25, -0.2) is 4.98 Å². The van der Waals surface area contributed by atoms with Crippen LogP contribution in [-0.4, -0.2) is 36.2 Å². The fraction of sp³-hybridized carbons (Fsp3) is 0.286. The zero-order valence-electron chi connectivity index (χ0n) is 20.4. The van der Waals surface area contributed by atoms with E-state index in [0.29, 0.717) is 30.2 Å². The highest BCUT2D eigenvalue weighted by Gasteiger charge is 2.15. The van der Waals surface area contributed by atoms with Gasteiger partial charge in [0.05, 0.1) is 25.3 Å². The lowest BCUT2D eigenvalue weighted by molar-refractivity contribution is 0.0953. The van der Waals surface area contributed by atoms with Crippen LogP contribution in [0, 0.1) is 0 Å². The minimum absolute atomic E-state index is 0.0862. The molecule has 1 aromatic heterocycles. The van der Waals surface area contributed by atoms with E-state index in [2.05, 4.69) is 16.8 Å². The highest BCUT2D eigenvalue weighted by atomic mass is 16.5. The van der Waals surface area contributed by atoms with Crippen LogP contribution in [-0.2, 0) is 13.2 Å². The molecule has 0 aliphatic heterocycles. The molecule has 1 heterocycles. The Labute approximate surface area is 205 Å². The summed E-state index contributed by atoms with van der Waals surface area (Å²) in [6.45, 7) is 3.62. The van der Waals surface area contributed by atoms with Crippen LogP contribution in [0.4, 0.5) is 0 Å². The first kappa shape index (κ1) is 24.1. The summed E-state index contributed by atoms with van der Waals surface area (Å²) in [6.07, 6.45) is 1.99. The number of rotatable bonds is 11. The molecule has 0 aliphatic carbocycles. The molecule has 1 N–H and O–H groups in total. The van der Waals surface area contributed by atoms with Crippen molar-refractivity contribution in [2.45, 2.75) is 32.9 Å². The summed E-state index contributed by atoms with van der Waals surface area (Å²) in [5.41, 5.74) is 3.38. The van der Waals surface area contributed by atoms with E-state index in [1.165, 1.54) is 0 Å². The van der Waals surface area contributed by atoms with Gasteiger partial charge in [0, 0.05) is 18.7 Å². The summed E-state index contributed by atoms with van der Waals surface area (Å²) in [4.78, 5) is 17.4. The number of ether oxygens (including phenoxy) is 3. The van der Waals surface area contributed by atoms with E-state index in [1.54, 1.807) is 14.2 Å². The molecule has 35 heavy (non-hydrogen) atoms. The van der Waals surface area contributed by atoms with Gasteiger partial charge in [0.1, 0.15) is 18.2 Å². The van der Waals surface area contributed by atoms with E-state index in [0.717, 1.165) is 41.0 Å². The van der Waals surface area contributed by atoms with Gasteiger partial charge in [-0.15, -0.1) is 0 Å². The second-order valence-electron chi connectivity index (χ2n) is 8.21. The van der Waals surface area contributed by atoms with Gasteiger partial charge >= 0.3 is 0 Å². The molecule has 7 nitrogen and oxygen atoms in total. The predicted octanol–water partition coefficient (Wildman–Crippen LogP) is 5.21. The lowest BCUT2D eigenvalue weighted by Crippen LogP contribution is -2.24. The van der Waals surface area contributed by atoms with Gasteiger partial charge in [0.25, 0.3) is 5.91 Å². The number of imidazole rings is 1. The van der Waals surface area contributed by atoms with Crippen molar-refractivity contribution < 1.29 is 19.0 Å². The Morgan fingerprint density at radius 2 is 1.74 bits per heavy atom. The summed E-state index contributed by atoms with van der Waals surface area (Å²) in [5.74, 6) is 2.79. The van der Waals surface area contributed by atoms with E-state index in [-0.39, 0.29) is 12.5 Å². The fourth-order valence-corrected chi connectivity index (χ4v) is 3.88. The molecule has 3 aromatic carbocycles. The second kappa shape index (κ2) is 11.4. The van der Waals surface area contributed by atoms with Crippen LogP contribution in [0.2, 0.25) is 0 Å². The maximum Gasteiger partial charge on any atom is 0.251 e. The molecule has 182 valence electrons. The average molecular weight is 474 g/mol. The zero-order valence-corrected chi connectivity index (χ0v) is 20.4. The highest BCUT2D eigenvalue weighted by Crippen LogP contribution is 2.28. The number of nitrogens with zero attached hydrogens (tertiary/aromatic N) is 2. The topological polar surface area (TPSA) is 74.6 Å². The Kier molecular flexibility index (Phi) is 7.88. The molecule has 0 fully saturated rings. The van der Waals surface area contributed by atoms with Crippen LogP contribution in [0.3, 0.4) is 0 Å². The van der Waals surface area contributed by atoms with Gasteiger partial charge < -0.3 is 24.1 Å². The molecule has 0 bridgehead atoms. The molecule has 7 heteroatoms. The van der Waals surface area contributed by atoms with Crippen molar-refractivity contribution in [3.05, 3.63) is 83.7 Å². The number of aromatic nitrogens is 2. The number of hydrogen-bond donors (Lipinski definition) is 1. The molecule has 1 amide bonds. The van der Waals surface area contributed by atoms with Crippen LogP contribution in [0.15, 0.2) is 66.7 Å². The van der Waals surface area contributed by atoms with E-state index >= 15 is 0 Å². The maximum absolute atomic E-state index is 12.6. The highest BCUT2D eigenvalue weighted by molar-refractivity contribution is 5.97. The average Bonchev–Trinajstić information content (AvgIpc) is 3.24. The minimum atomic E-state index is -0.0862. The van der Waals surface area contributed by atoms with E-state index in [9.17, 15) is 4.79 Å². The Bertz CT molecular complexity index is 1280. The van der Waals surface area contributed by atoms with Gasteiger partial charge in [-0.1, -0.05) is 37.6 Å². The van der Waals surface area contributed by atoms with E-state index in [4.69, 9.17) is 19.2 Å². The minimum Gasteiger partial charge on any atom is -0.497 e. The molecular formula is C28H31N3O4. The van der Waals surface area contributed by atoms with Crippen LogP contribution in [0.1, 0.15) is 41.5 Å². The third-order valence-corrected chi connectivity index (χ3v) is 5.83. The number of fused-ring (bicyclic) bond motifs is 1. The van der Waals surface area contributed by atoms with Gasteiger partial charge in [-0.3, -0.25) is 4.79 Å². The first-order chi connectivity index (χ1) is 17.1. The Hall–Kier alpha value is -4.00. The fourth-order valence-electron chi connectivity index (χ4n) is 3.88. The van der Waals surface area contributed by atoms with Crippen LogP contribution in [0.25, 0.3) is 11.0 Å². The van der Waals surface area contributed by atoms with Crippen molar-refractivity contribution in [1.82, 2.24) is 14.9 Å². The number of hydrogen-bond acceptors (Lipinski definition) is 5. The normalized spacial score (nSPS) is 10.8. The molecule has 0 spiro atoms. The second-order valence-corrected chi connectivity index (χ2v) is 8.21. The van der Waals surface area contributed by atoms with Gasteiger partial charge in [0.2, 0.25) is 0 Å². The third kappa shape index (κ3) is 5.74. The number of carbonyl (C=O) groups is 1. The van der Waals surface area contributed by atoms with Crippen molar-refractivity contribution in [1.29, 1.82) is 0 Å². The third-order valence-electron chi connectivity index (χ3n) is 5.83. The molecule has 0 aliphatic rings. The zero-order chi connectivity index (χ0) is 24.6. The Morgan fingerprint density at radius 3 is 2.46 bits per heavy atom. The number of amides is 1. The summed E-state index contributed by atoms with van der Waals surface area (Å²) in [7, 11) is 3.27. The lowest BCUT2D eigenvalue weighted by Gasteiger charge is -2.13. The van der Waals surface area contributed by atoms with Gasteiger partial charge in [0.15, 0.2) is 11.5 Å². The quantitative estimate of drug-likeness (QED) is 0.303. The molecule has 0 saturated heterocycles. The standard InChI is InChI=1S/C28H31N3O4/c1-4-5-16-29-28(32)21-12-15-24-23(17-21)30-27(19-35-26-9-7-6-8-25(26)34-3)31(24)18-20-10-13-22(33-2)14-11-20/h6-15,17H,4-5,16,18-19H2,1-3H3,(H,29,32). The van der Waals surface area contributed by atoms with Crippen LogP contribution in [0.5, 0.6) is 17.2 Å². The van der Waals surface area contributed by atoms with Crippen LogP contribution < -0.4 is 19.5 Å². The van der Waals surface area contributed by atoms with Crippen molar-refractivity contribution in [3.63, 3.8) is 0 Å². The molecule has 4 rings (SSSR count). The first-order valence-electron chi connectivity index (χ1n) is 11.8. The van der Waals surface area contributed by atoms with Crippen molar-refractivity contribution >= 4 is 16.9 Å². The van der Waals surface area contributed by atoms with Crippen molar-refractivity contribution in [2.24, 2.45) is 0 Å². The molecular weight excluding hydrogens is 442 g/mol. The van der Waals surface area contributed by atoms with E-state index < -0.39 is 0 Å². The monoisotopic (exact) mass is 473 g/mol. The Balaban J connectivity index is 1.65. The van der Waals surface area contributed by atoms with Crippen molar-refractivity contribution in [3.8, 4) is 17.2 Å². The smallest absolute Gasteiger partial charge is 0.251 e. The Morgan fingerprint density at radius 1 is 0.971 bits per heavy atom. The predicted molar refractivity (Wildman–Crippen MR) is 136 cm³/mol. The number of carbonyl (C=O) groups excluding carboxylic acids is 1. The molecule has 4 aromatic rings. The largest absolute Gasteiger partial charge is 0.497 e.